The molecule has 3 atom stereocenters. The van der Waals surface area contributed by atoms with Crippen LogP contribution in [0, 0.1) is 17.6 Å². The van der Waals surface area contributed by atoms with Gasteiger partial charge in [-0.2, -0.15) is 0 Å². The Morgan fingerprint density at radius 2 is 1.30 bits per heavy atom. The van der Waals surface area contributed by atoms with Gasteiger partial charge in [0.25, 0.3) is 0 Å². The molecule has 0 aliphatic carbocycles. The summed E-state index contributed by atoms with van der Waals surface area (Å²) in [7, 11) is 0. The van der Waals surface area contributed by atoms with Gasteiger partial charge in [0, 0.05) is 11.5 Å². The minimum atomic E-state index is -0.887. The fourth-order valence-corrected chi connectivity index (χ4v) is 6.00. The van der Waals surface area contributed by atoms with Gasteiger partial charge in [0.1, 0.15) is 5.60 Å². The van der Waals surface area contributed by atoms with Crippen LogP contribution in [0.4, 0.5) is 8.78 Å². The first-order chi connectivity index (χ1) is 18.1. The zero-order valence-electron chi connectivity index (χ0n) is 20.4. The number of benzene rings is 4. The van der Waals surface area contributed by atoms with Gasteiger partial charge >= 0.3 is 0 Å². The third-order valence-electron chi connectivity index (χ3n) is 7.86. The van der Waals surface area contributed by atoms with Crippen molar-refractivity contribution in [3.63, 3.8) is 0 Å². The molecule has 0 N–H and O–H groups in total. The highest BCUT2D eigenvalue weighted by Gasteiger charge is 2.56. The summed E-state index contributed by atoms with van der Waals surface area (Å²) in [6.45, 7) is 1.20. The molecule has 0 unspecified atom stereocenters. The quantitative estimate of drug-likeness (QED) is 0.282. The smallest absolute Gasteiger partial charge is 0.162 e. The van der Waals surface area contributed by atoms with E-state index in [-0.39, 0.29) is 31.8 Å². The average Bonchev–Trinajstić information content (AvgIpc) is 3.53. The molecule has 6 rings (SSSR count). The standard InChI is InChI=1S/C32H28F2O3/c33-28-18-10-17-26(30(28)34)31-21-35-19-27(31)29(36-22-31)20-37-32(23-11-4-1-5-12-23,24-13-6-2-7-14-24)25-15-8-3-9-16-25/h1-18,27,29H,19-22H2/t27-,29-,31+/m1/s1. The Bertz CT molecular complexity index is 1250. The first-order valence-electron chi connectivity index (χ1n) is 12.6. The maximum Gasteiger partial charge on any atom is 0.162 e. The van der Waals surface area contributed by atoms with Crippen LogP contribution in [0.15, 0.2) is 109 Å². The summed E-state index contributed by atoms with van der Waals surface area (Å²) < 4.78 is 48.2. The predicted octanol–water partition coefficient (Wildman–Crippen LogP) is 6.26. The monoisotopic (exact) mass is 498 g/mol. The van der Waals surface area contributed by atoms with Crippen molar-refractivity contribution in [3.8, 4) is 0 Å². The number of hydrogen-bond acceptors (Lipinski definition) is 3. The second-order valence-corrected chi connectivity index (χ2v) is 9.82. The topological polar surface area (TPSA) is 27.7 Å². The molecule has 2 aliphatic rings. The van der Waals surface area contributed by atoms with Gasteiger partial charge in [-0.1, -0.05) is 103 Å². The molecule has 4 aromatic rings. The molecule has 0 radical (unpaired) electrons. The van der Waals surface area contributed by atoms with Crippen molar-refractivity contribution in [2.45, 2.75) is 17.1 Å². The average molecular weight is 499 g/mol. The van der Waals surface area contributed by atoms with E-state index in [2.05, 4.69) is 36.4 Å². The van der Waals surface area contributed by atoms with Crippen molar-refractivity contribution in [3.05, 3.63) is 143 Å². The van der Waals surface area contributed by atoms with E-state index < -0.39 is 22.7 Å². The van der Waals surface area contributed by atoms with E-state index >= 15 is 0 Å². The Hall–Kier alpha value is -3.38. The minimum absolute atomic E-state index is 0.163. The SMILES string of the molecule is Fc1cccc([C@@]23COC[C@@H]2[C@@H](COC(c2ccccc2)(c2ccccc2)c2ccccc2)OC3)c1F. The number of fused-ring (bicyclic) bond motifs is 1. The van der Waals surface area contributed by atoms with Crippen LogP contribution in [0.3, 0.4) is 0 Å². The molecule has 0 amide bonds. The molecule has 5 heteroatoms. The minimum Gasteiger partial charge on any atom is -0.380 e. The summed E-state index contributed by atoms with van der Waals surface area (Å²) in [5.74, 6) is -1.84. The second kappa shape index (κ2) is 9.82. The van der Waals surface area contributed by atoms with E-state index in [1.807, 2.05) is 54.6 Å². The Balaban J connectivity index is 1.39. The lowest BCUT2D eigenvalue weighted by atomic mass is 9.72. The highest BCUT2D eigenvalue weighted by atomic mass is 19.2. The zero-order valence-corrected chi connectivity index (χ0v) is 20.4. The van der Waals surface area contributed by atoms with Gasteiger partial charge in [0.15, 0.2) is 11.6 Å². The summed E-state index contributed by atoms with van der Waals surface area (Å²) in [4.78, 5) is 0. The molecular formula is C32H28F2O3. The van der Waals surface area contributed by atoms with E-state index in [0.29, 0.717) is 12.2 Å². The normalized spacial score (nSPS) is 23.2. The van der Waals surface area contributed by atoms with Crippen LogP contribution in [0.25, 0.3) is 0 Å². The summed E-state index contributed by atoms with van der Waals surface area (Å²) >= 11 is 0. The first kappa shape index (κ1) is 24.0. The number of halogens is 2. The molecule has 3 nitrogen and oxygen atoms in total. The van der Waals surface area contributed by atoms with Gasteiger partial charge in [-0.3, -0.25) is 0 Å². The van der Waals surface area contributed by atoms with Gasteiger partial charge < -0.3 is 14.2 Å². The number of ether oxygens (including phenoxy) is 3. The molecular weight excluding hydrogens is 470 g/mol. The van der Waals surface area contributed by atoms with Gasteiger partial charge in [-0.25, -0.2) is 8.78 Å². The Kier molecular flexibility index (Phi) is 6.37. The van der Waals surface area contributed by atoms with Crippen molar-refractivity contribution in [1.82, 2.24) is 0 Å². The van der Waals surface area contributed by atoms with Gasteiger partial charge in [0.2, 0.25) is 0 Å². The van der Waals surface area contributed by atoms with Crippen LogP contribution in [-0.4, -0.2) is 32.5 Å². The third kappa shape index (κ3) is 3.98. The molecule has 2 aliphatic heterocycles. The molecule has 2 saturated heterocycles. The molecule has 2 fully saturated rings. The maximum absolute atomic E-state index is 14.9. The van der Waals surface area contributed by atoms with Gasteiger partial charge in [-0.15, -0.1) is 0 Å². The summed E-state index contributed by atoms with van der Waals surface area (Å²) in [5.41, 5.74) is 1.68. The van der Waals surface area contributed by atoms with Crippen molar-refractivity contribution in [2.24, 2.45) is 5.92 Å². The summed E-state index contributed by atoms with van der Waals surface area (Å²) in [6, 6.07) is 34.8. The van der Waals surface area contributed by atoms with Crippen LogP contribution in [-0.2, 0) is 25.2 Å². The van der Waals surface area contributed by atoms with Crippen LogP contribution < -0.4 is 0 Å². The van der Waals surface area contributed by atoms with Crippen molar-refractivity contribution < 1.29 is 23.0 Å². The van der Waals surface area contributed by atoms with E-state index in [9.17, 15) is 8.78 Å². The first-order valence-corrected chi connectivity index (χ1v) is 12.6. The number of rotatable bonds is 7. The maximum atomic E-state index is 14.9. The molecule has 0 spiro atoms. The highest BCUT2D eigenvalue weighted by Crippen LogP contribution is 2.48. The summed E-state index contributed by atoms with van der Waals surface area (Å²) in [6.07, 6.45) is -0.347. The predicted molar refractivity (Wildman–Crippen MR) is 137 cm³/mol. The van der Waals surface area contributed by atoms with Crippen LogP contribution >= 0.6 is 0 Å². The van der Waals surface area contributed by atoms with Crippen molar-refractivity contribution >= 4 is 0 Å². The van der Waals surface area contributed by atoms with Gasteiger partial charge in [-0.05, 0) is 22.8 Å². The fraction of sp³-hybridized carbons (Fsp3) is 0.250. The lowest BCUT2D eigenvalue weighted by molar-refractivity contribution is -0.0616. The molecule has 0 bridgehead atoms. The molecule has 0 aromatic heterocycles. The van der Waals surface area contributed by atoms with Crippen molar-refractivity contribution in [2.75, 3.05) is 26.4 Å². The molecule has 37 heavy (non-hydrogen) atoms. The lowest BCUT2D eigenvalue weighted by Gasteiger charge is -2.37. The molecule has 0 saturated carbocycles. The van der Waals surface area contributed by atoms with E-state index in [4.69, 9.17) is 14.2 Å². The Morgan fingerprint density at radius 3 is 1.86 bits per heavy atom. The molecule has 4 aromatic carbocycles. The second-order valence-electron chi connectivity index (χ2n) is 9.82. The van der Waals surface area contributed by atoms with E-state index in [1.54, 1.807) is 12.1 Å². The van der Waals surface area contributed by atoms with Crippen LogP contribution in [0.5, 0.6) is 0 Å². The van der Waals surface area contributed by atoms with Crippen LogP contribution in [0.1, 0.15) is 22.3 Å². The highest BCUT2D eigenvalue weighted by molar-refractivity contribution is 5.47. The Labute approximate surface area is 215 Å². The van der Waals surface area contributed by atoms with Crippen LogP contribution in [0.2, 0.25) is 0 Å². The van der Waals surface area contributed by atoms with E-state index in [1.165, 1.54) is 0 Å². The van der Waals surface area contributed by atoms with Crippen molar-refractivity contribution in [1.29, 1.82) is 0 Å². The Morgan fingerprint density at radius 1 is 0.730 bits per heavy atom. The lowest BCUT2D eigenvalue weighted by Crippen LogP contribution is -2.40. The van der Waals surface area contributed by atoms with Gasteiger partial charge in [0.05, 0.1) is 37.9 Å². The fourth-order valence-electron chi connectivity index (χ4n) is 6.00. The molecule has 188 valence electrons. The third-order valence-corrected chi connectivity index (χ3v) is 7.86. The number of hydrogen-bond donors (Lipinski definition) is 0. The zero-order chi connectivity index (χ0) is 25.3. The largest absolute Gasteiger partial charge is 0.380 e. The molecule has 2 heterocycles. The summed E-state index contributed by atoms with van der Waals surface area (Å²) in [5, 5.41) is 0. The van der Waals surface area contributed by atoms with E-state index in [0.717, 1.165) is 22.8 Å².